The highest BCUT2D eigenvalue weighted by Gasteiger charge is 2.22. The Labute approximate surface area is 121 Å². The van der Waals surface area contributed by atoms with Gasteiger partial charge in [0.2, 0.25) is 5.91 Å². The van der Waals surface area contributed by atoms with Crippen LogP contribution in [0.25, 0.3) is 0 Å². The molecular formula is C16H26N2O2. The number of phenols is 1. The number of carbonyl (C=O) groups is 1. The molecule has 1 unspecified atom stereocenters. The summed E-state index contributed by atoms with van der Waals surface area (Å²) in [6.07, 6.45) is 1.11. The average Bonchev–Trinajstić information content (AvgIpc) is 2.36. The maximum absolute atomic E-state index is 12.3. The standard InChI is InChI=1S/C16H26N2O2/c1-5-18(15(20)9-10-16(3,4)17)12(2)13-7-6-8-14(19)11-13/h6-8,11-12,19H,5,9-10,17H2,1-4H3. The fraction of sp³-hybridized carbons (Fsp3) is 0.562. The summed E-state index contributed by atoms with van der Waals surface area (Å²) in [4.78, 5) is 14.1. The van der Waals surface area contributed by atoms with Crippen molar-refractivity contribution in [2.24, 2.45) is 5.73 Å². The molecule has 0 spiro atoms. The Hall–Kier alpha value is -1.55. The molecule has 1 amide bonds. The SMILES string of the molecule is CCN(C(=O)CCC(C)(C)N)C(C)c1cccc(O)c1. The maximum atomic E-state index is 12.3. The van der Waals surface area contributed by atoms with Crippen LogP contribution in [0.4, 0.5) is 0 Å². The van der Waals surface area contributed by atoms with Crippen LogP contribution in [0.5, 0.6) is 5.75 Å². The van der Waals surface area contributed by atoms with Crippen molar-refractivity contribution in [3.05, 3.63) is 29.8 Å². The Bertz CT molecular complexity index is 452. The molecule has 0 aliphatic carbocycles. The van der Waals surface area contributed by atoms with E-state index in [1.165, 1.54) is 0 Å². The van der Waals surface area contributed by atoms with Gasteiger partial charge in [-0.2, -0.15) is 0 Å². The van der Waals surface area contributed by atoms with E-state index in [1.807, 2.05) is 38.7 Å². The van der Waals surface area contributed by atoms with Crippen molar-refractivity contribution in [2.75, 3.05) is 6.54 Å². The van der Waals surface area contributed by atoms with E-state index >= 15 is 0 Å². The van der Waals surface area contributed by atoms with Crippen molar-refractivity contribution < 1.29 is 9.90 Å². The molecule has 0 saturated heterocycles. The minimum atomic E-state index is -0.330. The summed E-state index contributed by atoms with van der Waals surface area (Å²) in [5.41, 5.74) is 6.54. The Kier molecular flexibility index (Phi) is 5.57. The Morgan fingerprint density at radius 1 is 1.45 bits per heavy atom. The van der Waals surface area contributed by atoms with Crippen molar-refractivity contribution >= 4 is 5.91 Å². The molecule has 0 fully saturated rings. The van der Waals surface area contributed by atoms with Crippen LogP contribution in [0.15, 0.2) is 24.3 Å². The smallest absolute Gasteiger partial charge is 0.223 e. The van der Waals surface area contributed by atoms with E-state index in [2.05, 4.69) is 0 Å². The topological polar surface area (TPSA) is 66.6 Å². The van der Waals surface area contributed by atoms with E-state index in [-0.39, 0.29) is 23.2 Å². The van der Waals surface area contributed by atoms with Crippen LogP contribution in [0.2, 0.25) is 0 Å². The zero-order chi connectivity index (χ0) is 15.3. The van der Waals surface area contributed by atoms with Gasteiger partial charge in [-0.05, 0) is 51.8 Å². The van der Waals surface area contributed by atoms with Crippen molar-refractivity contribution in [1.82, 2.24) is 4.90 Å². The van der Waals surface area contributed by atoms with Crippen molar-refractivity contribution in [3.63, 3.8) is 0 Å². The lowest BCUT2D eigenvalue weighted by Crippen LogP contribution is -2.37. The van der Waals surface area contributed by atoms with Gasteiger partial charge >= 0.3 is 0 Å². The minimum absolute atomic E-state index is 0.0551. The number of nitrogens with two attached hydrogens (primary N) is 1. The van der Waals surface area contributed by atoms with Crippen LogP contribution in [0, 0.1) is 0 Å². The number of phenolic OH excluding ortho intramolecular Hbond substituents is 1. The molecule has 0 heterocycles. The molecule has 0 aliphatic rings. The molecule has 1 atom stereocenters. The van der Waals surface area contributed by atoms with Crippen molar-refractivity contribution in [2.45, 2.75) is 52.1 Å². The van der Waals surface area contributed by atoms with E-state index in [1.54, 1.807) is 18.2 Å². The number of hydrogen-bond acceptors (Lipinski definition) is 3. The summed E-state index contributed by atoms with van der Waals surface area (Å²) in [6.45, 7) is 8.43. The number of nitrogens with zero attached hydrogens (tertiary/aromatic N) is 1. The summed E-state index contributed by atoms with van der Waals surface area (Å²) >= 11 is 0. The molecule has 1 aromatic rings. The molecule has 0 aliphatic heterocycles. The van der Waals surface area contributed by atoms with E-state index in [0.717, 1.165) is 5.56 Å². The monoisotopic (exact) mass is 278 g/mol. The van der Waals surface area contributed by atoms with Gasteiger partial charge in [0, 0.05) is 18.5 Å². The first kappa shape index (κ1) is 16.5. The first-order valence-corrected chi connectivity index (χ1v) is 7.12. The van der Waals surface area contributed by atoms with E-state index in [9.17, 15) is 9.90 Å². The first-order valence-electron chi connectivity index (χ1n) is 7.12. The van der Waals surface area contributed by atoms with Gasteiger partial charge in [-0.15, -0.1) is 0 Å². The lowest BCUT2D eigenvalue weighted by atomic mass is 9.99. The number of rotatable bonds is 6. The molecule has 4 nitrogen and oxygen atoms in total. The summed E-state index contributed by atoms with van der Waals surface area (Å²) < 4.78 is 0. The molecule has 1 rings (SSSR count). The lowest BCUT2D eigenvalue weighted by Gasteiger charge is -2.30. The third-order valence-corrected chi connectivity index (χ3v) is 3.46. The van der Waals surface area contributed by atoms with Crippen molar-refractivity contribution in [1.29, 1.82) is 0 Å². The fourth-order valence-electron chi connectivity index (χ4n) is 2.20. The van der Waals surface area contributed by atoms with Gasteiger partial charge in [0.1, 0.15) is 5.75 Å². The molecule has 20 heavy (non-hydrogen) atoms. The Morgan fingerprint density at radius 2 is 2.10 bits per heavy atom. The lowest BCUT2D eigenvalue weighted by molar-refractivity contribution is -0.133. The van der Waals surface area contributed by atoms with Gasteiger partial charge < -0.3 is 15.7 Å². The van der Waals surface area contributed by atoms with Gasteiger partial charge in [-0.25, -0.2) is 0 Å². The van der Waals surface area contributed by atoms with E-state index < -0.39 is 0 Å². The van der Waals surface area contributed by atoms with Gasteiger partial charge in [-0.3, -0.25) is 4.79 Å². The molecule has 0 aromatic heterocycles. The second-order valence-electron chi connectivity index (χ2n) is 5.94. The molecule has 112 valence electrons. The van der Waals surface area contributed by atoms with E-state index in [4.69, 9.17) is 5.73 Å². The highest BCUT2D eigenvalue weighted by Crippen LogP contribution is 2.24. The third-order valence-electron chi connectivity index (χ3n) is 3.46. The largest absolute Gasteiger partial charge is 0.508 e. The molecule has 1 aromatic carbocycles. The molecular weight excluding hydrogens is 252 g/mol. The first-order chi connectivity index (χ1) is 9.24. The van der Waals surface area contributed by atoms with Crippen LogP contribution >= 0.6 is 0 Å². The fourth-order valence-corrected chi connectivity index (χ4v) is 2.20. The summed E-state index contributed by atoms with van der Waals surface area (Å²) in [5, 5.41) is 9.55. The summed E-state index contributed by atoms with van der Waals surface area (Å²) in [6, 6.07) is 6.99. The second-order valence-corrected chi connectivity index (χ2v) is 5.94. The van der Waals surface area contributed by atoms with Crippen LogP contribution in [0.3, 0.4) is 0 Å². The van der Waals surface area contributed by atoms with Crippen LogP contribution in [-0.4, -0.2) is 28.0 Å². The van der Waals surface area contributed by atoms with Gasteiger partial charge in [-0.1, -0.05) is 12.1 Å². The zero-order valence-electron chi connectivity index (χ0n) is 12.9. The number of benzene rings is 1. The Balaban J connectivity index is 2.77. The van der Waals surface area contributed by atoms with Crippen molar-refractivity contribution in [3.8, 4) is 5.75 Å². The minimum Gasteiger partial charge on any atom is -0.508 e. The highest BCUT2D eigenvalue weighted by atomic mass is 16.3. The molecule has 4 heteroatoms. The predicted molar refractivity (Wildman–Crippen MR) is 81.4 cm³/mol. The van der Waals surface area contributed by atoms with Gasteiger partial charge in [0.15, 0.2) is 0 Å². The van der Waals surface area contributed by atoms with E-state index in [0.29, 0.717) is 19.4 Å². The van der Waals surface area contributed by atoms with Gasteiger partial charge in [0.05, 0.1) is 6.04 Å². The third kappa shape index (κ3) is 4.85. The number of hydrogen-bond donors (Lipinski definition) is 2. The summed E-state index contributed by atoms with van der Waals surface area (Å²) in [5.74, 6) is 0.322. The van der Waals surface area contributed by atoms with Crippen LogP contribution in [-0.2, 0) is 4.79 Å². The zero-order valence-corrected chi connectivity index (χ0v) is 12.9. The average molecular weight is 278 g/mol. The van der Waals surface area contributed by atoms with Gasteiger partial charge in [0.25, 0.3) is 0 Å². The maximum Gasteiger partial charge on any atom is 0.223 e. The highest BCUT2D eigenvalue weighted by molar-refractivity contribution is 5.76. The molecule has 0 radical (unpaired) electrons. The molecule has 0 bridgehead atoms. The Morgan fingerprint density at radius 3 is 2.60 bits per heavy atom. The normalized spacial score (nSPS) is 13.1. The quantitative estimate of drug-likeness (QED) is 0.841. The molecule has 3 N–H and O–H groups in total. The number of amides is 1. The predicted octanol–water partition coefficient (Wildman–Crippen LogP) is 2.82. The number of aromatic hydroxyl groups is 1. The second kappa shape index (κ2) is 6.75. The van der Waals surface area contributed by atoms with Crippen LogP contribution < -0.4 is 5.73 Å². The summed E-state index contributed by atoms with van der Waals surface area (Å²) in [7, 11) is 0. The molecule has 0 saturated carbocycles. The number of carbonyl (C=O) groups excluding carboxylic acids is 1. The van der Waals surface area contributed by atoms with Crippen LogP contribution in [0.1, 0.15) is 52.1 Å².